The second kappa shape index (κ2) is 9.05. The molecule has 0 unspecified atom stereocenters. The van der Waals surface area contributed by atoms with Crippen LogP contribution in [-0.4, -0.2) is 32.8 Å². The molecule has 32 heavy (non-hydrogen) atoms. The lowest BCUT2D eigenvalue weighted by molar-refractivity contribution is 0.252. The maximum absolute atomic E-state index is 12.3. The minimum Gasteiger partial charge on any atom is -0.392 e. The Balaban J connectivity index is 1.36. The van der Waals surface area contributed by atoms with Crippen LogP contribution in [0.25, 0.3) is 21.3 Å². The van der Waals surface area contributed by atoms with Crippen LogP contribution < -0.4 is 10.6 Å². The Morgan fingerprint density at radius 3 is 2.69 bits per heavy atom. The highest BCUT2D eigenvalue weighted by Crippen LogP contribution is 2.31. The normalized spacial score (nSPS) is 11.6. The Bertz CT molecular complexity index is 1240. The molecule has 0 radical (unpaired) electrons. The van der Waals surface area contributed by atoms with Crippen LogP contribution in [0.1, 0.15) is 38.0 Å². The number of benzene rings is 2. The van der Waals surface area contributed by atoms with E-state index in [1.165, 1.54) is 11.3 Å². The Kier molecular flexibility index (Phi) is 6.20. The molecule has 0 saturated heterocycles. The number of thiazole rings is 1. The first-order chi connectivity index (χ1) is 15.3. The van der Waals surface area contributed by atoms with Crippen LogP contribution >= 0.6 is 11.3 Å². The van der Waals surface area contributed by atoms with Crippen LogP contribution in [0, 0.1) is 0 Å². The lowest BCUT2D eigenvalue weighted by Gasteiger charge is -2.10. The first-order valence-corrected chi connectivity index (χ1v) is 11.1. The van der Waals surface area contributed by atoms with Crippen molar-refractivity contribution in [2.45, 2.75) is 39.2 Å². The van der Waals surface area contributed by atoms with Gasteiger partial charge in [0.2, 0.25) is 5.89 Å². The van der Waals surface area contributed by atoms with Crippen LogP contribution in [0.4, 0.5) is 9.93 Å². The SMILES string of the molecule is CC(C)(C)c1nc(CCNC(=O)Nc2nc3ccc(-c4cccc(CO)c4)cc3s2)no1. The van der Waals surface area contributed by atoms with Crippen LogP contribution in [-0.2, 0) is 18.4 Å². The molecule has 4 rings (SSSR count). The fraction of sp³-hybridized carbons (Fsp3) is 0.304. The van der Waals surface area contributed by atoms with Crippen molar-refractivity contribution >= 4 is 32.7 Å². The minimum absolute atomic E-state index is 0.00426. The number of aromatic nitrogens is 3. The second-order valence-corrected chi connectivity index (χ2v) is 9.49. The molecular weight excluding hydrogens is 426 g/mol. The molecule has 9 heteroatoms. The second-order valence-electron chi connectivity index (χ2n) is 8.46. The summed E-state index contributed by atoms with van der Waals surface area (Å²) >= 11 is 1.41. The summed E-state index contributed by atoms with van der Waals surface area (Å²) in [6.45, 7) is 6.39. The van der Waals surface area contributed by atoms with E-state index in [0.29, 0.717) is 29.8 Å². The number of nitrogens with zero attached hydrogens (tertiary/aromatic N) is 3. The Morgan fingerprint density at radius 2 is 1.94 bits per heavy atom. The molecular formula is C23H25N5O3S. The number of urea groups is 1. The summed E-state index contributed by atoms with van der Waals surface area (Å²) in [6, 6.07) is 13.4. The number of hydrogen-bond donors (Lipinski definition) is 3. The first-order valence-electron chi connectivity index (χ1n) is 10.3. The van der Waals surface area contributed by atoms with Gasteiger partial charge in [-0.3, -0.25) is 5.32 Å². The molecule has 0 aliphatic rings. The molecule has 2 aromatic carbocycles. The smallest absolute Gasteiger partial charge is 0.321 e. The fourth-order valence-electron chi connectivity index (χ4n) is 3.10. The maximum atomic E-state index is 12.3. The van der Waals surface area contributed by atoms with Crippen molar-refractivity contribution < 1.29 is 14.4 Å². The molecule has 3 N–H and O–H groups in total. The van der Waals surface area contributed by atoms with Crippen molar-refractivity contribution in [1.29, 1.82) is 0 Å². The van der Waals surface area contributed by atoms with Crippen molar-refractivity contribution in [1.82, 2.24) is 20.4 Å². The third-order valence-corrected chi connectivity index (χ3v) is 5.73. The van der Waals surface area contributed by atoms with Gasteiger partial charge in [0.1, 0.15) is 0 Å². The molecule has 2 amide bonds. The van der Waals surface area contributed by atoms with E-state index in [0.717, 1.165) is 26.9 Å². The summed E-state index contributed by atoms with van der Waals surface area (Å²) < 4.78 is 6.23. The van der Waals surface area contributed by atoms with E-state index >= 15 is 0 Å². The number of fused-ring (bicyclic) bond motifs is 1. The lowest BCUT2D eigenvalue weighted by atomic mass is 9.97. The molecule has 4 aromatic rings. The summed E-state index contributed by atoms with van der Waals surface area (Å²) in [5.41, 5.74) is 3.53. The van der Waals surface area contributed by atoms with Gasteiger partial charge in [0, 0.05) is 18.4 Å². The minimum atomic E-state index is -0.334. The van der Waals surface area contributed by atoms with Gasteiger partial charge in [-0.2, -0.15) is 4.98 Å². The molecule has 0 spiro atoms. The molecule has 2 heterocycles. The number of aliphatic hydroxyl groups is 1. The van der Waals surface area contributed by atoms with Crippen molar-refractivity contribution in [2.24, 2.45) is 0 Å². The standard InChI is InChI=1S/C23H25N5O3S/c1-23(2,3)20-26-19(28-31-20)9-10-24-21(30)27-22-25-17-8-7-16(12-18(17)32-22)15-6-4-5-14(11-15)13-29/h4-8,11-12,29H,9-10,13H2,1-3H3,(H2,24,25,27,30). The third-order valence-electron chi connectivity index (χ3n) is 4.80. The number of amides is 2. The molecule has 166 valence electrons. The van der Waals surface area contributed by atoms with Gasteiger partial charge in [-0.1, -0.05) is 61.5 Å². The van der Waals surface area contributed by atoms with E-state index < -0.39 is 0 Å². The topological polar surface area (TPSA) is 113 Å². The molecule has 0 fully saturated rings. The van der Waals surface area contributed by atoms with E-state index in [9.17, 15) is 9.90 Å². The van der Waals surface area contributed by atoms with Crippen molar-refractivity contribution in [3.05, 3.63) is 59.7 Å². The number of aliphatic hydroxyl groups excluding tert-OH is 1. The number of rotatable bonds is 6. The monoisotopic (exact) mass is 451 g/mol. The predicted octanol–water partition coefficient (Wildman–Crippen LogP) is 4.50. The quantitative estimate of drug-likeness (QED) is 0.398. The zero-order valence-electron chi connectivity index (χ0n) is 18.2. The van der Waals surface area contributed by atoms with Gasteiger partial charge in [-0.25, -0.2) is 9.78 Å². The van der Waals surface area contributed by atoms with E-state index in [1.54, 1.807) is 0 Å². The molecule has 0 aliphatic heterocycles. The molecule has 8 nitrogen and oxygen atoms in total. The van der Waals surface area contributed by atoms with Crippen LogP contribution in [0.15, 0.2) is 47.0 Å². The van der Waals surface area contributed by atoms with Gasteiger partial charge >= 0.3 is 6.03 Å². The van der Waals surface area contributed by atoms with Gasteiger partial charge in [0.25, 0.3) is 0 Å². The van der Waals surface area contributed by atoms with E-state index in [2.05, 4.69) is 25.8 Å². The molecule has 0 aliphatic carbocycles. The number of anilines is 1. The van der Waals surface area contributed by atoms with Crippen LogP contribution in [0.2, 0.25) is 0 Å². The van der Waals surface area contributed by atoms with Crippen molar-refractivity contribution in [2.75, 3.05) is 11.9 Å². The van der Waals surface area contributed by atoms with E-state index in [1.807, 2.05) is 63.2 Å². The highest BCUT2D eigenvalue weighted by atomic mass is 32.1. The molecule has 0 atom stereocenters. The number of hydrogen-bond acceptors (Lipinski definition) is 7. The summed E-state index contributed by atoms with van der Waals surface area (Å²) in [6.07, 6.45) is 0.475. The average molecular weight is 452 g/mol. The number of nitrogens with one attached hydrogen (secondary N) is 2. The van der Waals surface area contributed by atoms with Gasteiger partial charge in [0.15, 0.2) is 11.0 Å². The fourth-order valence-corrected chi connectivity index (χ4v) is 4.00. The molecule has 2 aromatic heterocycles. The Labute approximate surface area is 189 Å². The highest BCUT2D eigenvalue weighted by Gasteiger charge is 2.21. The molecule has 0 bridgehead atoms. The van der Waals surface area contributed by atoms with Gasteiger partial charge in [-0.05, 0) is 34.9 Å². The van der Waals surface area contributed by atoms with E-state index in [4.69, 9.17) is 4.52 Å². The summed E-state index contributed by atoms with van der Waals surface area (Å²) in [5, 5.41) is 19.4. The Morgan fingerprint density at radius 1 is 1.12 bits per heavy atom. The lowest BCUT2D eigenvalue weighted by Crippen LogP contribution is -2.30. The van der Waals surface area contributed by atoms with Gasteiger partial charge in [0.05, 0.1) is 16.8 Å². The first kappa shape index (κ1) is 21.9. The van der Waals surface area contributed by atoms with Crippen LogP contribution in [0.3, 0.4) is 0 Å². The number of carbonyl (C=O) groups is 1. The highest BCUT2D eigenvalue weighted by molar-refractivity contribution is 7.22. The zero-order valence-corrected chi connectivity index (χ0v) is 19.0. The third kappa shape index (κ3) is 5.12. The summed E-state index contributed by atoms with van der Waals surface area (Å²) in [4.78, 5) is 21.1. The average Bonchev–Trinajstić information content (AvgIpc) is 3.39. The van der Waals surface area contributed by atoms with Crippen molar-refractivity contribution in [3.8, 4) is 11.1 Å². The van der Waals surface area contributed by atoms with Gasteiger partial charge < -0.3 is 14.9 Å². The van der Waals surface area contributed by atoms with Crippen molar-refractivity contribution in [3.63, 3.8) is 0 Å². The number of carbonyl (C=O) groups excluding carboxylic acids is 1. The molecule has 0 saturated carbocycles. The predicted molar refractivity (Wildman–Crippen MR) is 125 cm³/mol. The Hall–Kier alpha value is -3.30. The van der Waals surface area contributed by atoms with Gasteiger partial charge in [-0.15, -0.1) is 0 Å². The largest absolute Gasteiger partial charge is 0.392 e. The van der Waals surface area contributed by atoms with E-state index in [-0.39, 0.29) is 18.1 Å². The summed E-state index contributed by atoms with van der Waals surface area (Å²) in [7, 11) is 0. The summed E-state index contributed by atoms with van der Waals surface area (Å²) in [5.74, 6) is 1.14. The van der Waals surface area contributed by atoms with Crippen LogP contribution in [0.5, 0.6) is 0 Å². The zero-order chi connectivity index (χ0) is 22.7. The maximum Gasteiger partial charge on any atom is 0.321 e.